The number of aliphatic hydroxyl groups is 1. The van der Waals surface area contributed by atoms with Gasteiger partial charge in [0.05, 0.1) is 13.7 Å². The van der Waals surface area contributed by atoms with E-state index < -0.39 is 0 Å². The van der Waals surface area contributed by atoms with Crippen molar-refractivity contribution >= 4 is 0 Å². The van der Waals surface area contributed by atoms with Crippen molar-refractivity contribution in [3.05, 3.63) is 35.8 Å². The van der Waals surface area contributed by atoms with Crippen LogP contribution in [0.5, 0.6) is 0 Å². The number of ether oxygens (including phenoxy) is 1. The first-order chi connectivity index (χ1) is 6.69. The normalized spacial score (nSPS) is 13.5. The Hall–Kier alpha value is -1.22. The quantitative estimate of drug-likeness (QED) is 0.503. The lowest BCUT2D eigenvalue weighted by molar-refractivity contribution is 0.300. The van der Waals surface area contributed by atoms with Crippen molar-refractivity contribution < 1.29 is 9.84 Å². The summed E-state index contributed by atoms with van der Waals surface area (Å²) >= 11 is 0. The van der Waals surface area contributed by atoms with Gasteiger partial charge in [0.1, 0.15) is 5.76 Å². The van der Waals surface area contributed by atoms with Crippen LogP contribution in [0.4, 0.5) is 0 Å². The number of methoxy groups -OCH3 is 1. The molecule has 0 aliphatic heterocycles. The van der Waals surface area contributed by atoms with Gasteiger partial charge in [-0.3, -0.25) is 0 Å². The van der Waals surface area contributed by atoms with Gasteiger partial charge in [0.15, 0.2) is 0 Å². The molecule has 0 unspecified atom stereocenters. The fraction of sp³-hybridized carbons (Fsp3) is 0.455. The second kappa shape index (κ2) is 7.21. The lowest BCUT2D eigenvalue weighted by atomic mass is 10.1. The zero-order chi connectivity index (χ0) is 11.0. The number of hydrogen-bond acceptors (Lipinski definition) is 3. The van der Waals surface area contributed by atoms with Crippen LogP contribution in [0, 0.1) is 0 Å². The molecule has 0 bridgehead atoms. The maximum absolute atomic E-state index is 8.71. The van der Waals surface area contributed by atoms with Crippen LogP contribution in [0.2, 0.25) is 0 Å². The van der Waals surface area contributed by atoms with E-state index in [1.165, 1.54) is 0 Å². The average Bonchev–Trinajstić information content (AvgIpc) is 2.23. The van der Waals surface area contributed by atoms with Crippen molar-refractivity contribution in [1.29, 1.82) is 0 Å². The number of aliphatic hydroxyl groups excluding tert-OH is 1. The molecule has 0 radical (unpaired) electrons. The van der Waals surface area contributed by atoms with E-state index in [4.69, 9.17) is 15.6 Å². The molecule has 0 aromatic carbocycles. The molecule has 0 rings (SSSR count). The average molecular weight is 197 g/mol. The van der Waals surface area contributed by atoms with Gasteiger partial charge in [-0.1, -0.05) is 19.6 Å². The molecule has 0 fully saturated rings. The van der Waals surface area contributed by atoms with Gasteiger partial charge in [0.2, 0.25) is 0 Å². The summed E-state index contributed by atoms with van der Waals surface area (Å²) in [5.74, 6) is 0.787. The highest BCUT2D eigenvalue weighted by atomic mass is 16.5. The van der Waals surface area contributed by atoms with Crippen molar-refractivity contribution in [2.75, 3.05) is 13.7 Å². The summed E-state index contributed by atoms with van der Waals surface area (Å²) in [6.07, 6.45) is 5.05. The molecule has 14 heavy (non-hydrogen) atoms. The Labute approximate surface area is 85.6 Å². The summed E-state index contributed by atoms with van der Waals surface area (Å²) in [6, 6.07) is 0. The van der Waals surface area contributed by atoms with Crippen LogP contribution < -0.4 is 5.73 Å². The zero-order valence-electron chi connectivity index (χ0n) is 8.92. The molecule has 0 saturated carbocycles. The lowest BCUT2D eigenvalue weighted by Crippen LogP contribution is -2.02. The Morgan fingerprint density at radius 3 is 2.57 bits per heavy atom. The molecule has 0 aliphatic rings. The van der Waals surface area contributed by atoms with Crippen LogP contribution in [0.15, 0.2) is 35.8 Å². The Morgan fingerprint density at radius 2 is 2.21 bits per heavy atom. The van der Waals surface area contributed by atoms with Crippen molar-refractivity contribution in [2.24, 2.45) is 5.73 Å². The van der Waals surface area contributed by atoms with E-state index in [0.29, 0.717) is 12.1 Å². The highest BCUT2D eigenvalue weighted by molar-refractivity contribution is 5.21. The van der Waals surface area contributed by atoms with Crippen molar-refractivity contribution in [3.8, 4) is 0 Å². The van der Waals surface area contributed by atoms with Crippen LogP contribution in [-0.4, -0.2) is 18.8 Å². The van der Waals surface area contributed by atoms with Gasteiger partial charge in [0.25, 0.3) is 0 Å². The van der Waals surface area contributed by atoms with Crippen molar-refractivity contribution in [3.63, 3.8) is 0 Å². The van der Waals surface area contributed by atoms with Gasteiger partial charge in [-0.2, -0.15) is 0 Å². The molecule has 0 aromatic rings. The largest absolute Gasteiger partial charge is 0.497 e. The van der Waals surface area contributed by atoms with Crippen LogP contribution in [-0.2, 0) is 4.74 Å². The third-order valence-corrected chi connectivity index (χ3v) is 1.97. The first kappa shape index (κ1) is 12.8. The minimum absolute atomic E-state index is 0.104. The molecule has 80 valence electrons. The predicted molar refractivity (Wildman–Crippen MR) is 58.5 cm³/mol. The van der Waals surface area contributed by atoms with Crippen LogP contribution in [0.25, 0.3) is 0 Å². The van der Waals surface area contributed by atoms with Gasteiger partial charge in [0, 0.05) is 5.70 Å². The van der Waals surface area contributed by atoms with E-state index in [0.717, 1.165) is 17.8 Å². The minimum atomic E-state index is -0.104. The van der Waals surface area contributed by atoms with Crippen LogP contribution >= 0.6 is 0 Å². The molecular formula is C11H19NO2. The lowest BCUT2D eigenvalue weighted by Gasteiger charge is -2.07. The number of rotatable bonds is 6. The molecular weight excluding hydrogens is 178 g/mol. The van der Waals surface area contributed by atoms with E-state index in [2.05, 4.69) is 6.58 Å². The van der Waals surface area contributed by atoms with Gasteiger partial charge in [-0.15, -0.1) is 0 Å². The fourth-order valence-corrected chi connectivity index (χ4v) is 1.11. The summed E-state index contributed by atoms with van der Waals surface area (Å²) < 4.78 is 5.15. The van der Waals surface area contributed by atoms with Crippen molar-refractivity contribution in [1.82, 2.24) is 0 Å². The molecule has 0 atom stereocenters. The molecule has 0 aliphatic carbocycles. The summed E-state index contributed by atoms with van der Waals surface area (Å²) in [7, 11) is 1.62. The Morgan fingerprint density at radius 1 is 1.57 bits per heavy atom. The summed E-state index contributed by atoms with van der Waals surface area (Å²) in [6.45, 7) is 5.60. The summed E-state index contributed by atoms with van der Waals surface area (Å²) in [4.78, 5) is 0. The smallest absolute Gasteiger partial charge is 0.117 e. The molecule has 0 spiro atoms. The summed E-state index contributed by atoms with van der Waals surface area (Å²) in [5.41, 5.74) is 7.09. The molecule has 0 amide bonds. The van der Waals surface area contributed by atoms with E-state index in [1.807, 2.05) is 6.92 Å². The highest BCUT2D eigenvalue weighted by Gasteiger charge is 2.00. The maximum Gasteiger partial charge on any atom is 0.117 e. The monoisotopic (exact) mass is 197 g/mol. The van der Waals surface area contributed by atoms with Crippen LogP contribution in [0.3, 0.4) is 0 Å². The minimum Gasteiger partial charge on any atom is -0.497 e. The Bertz CT molecular complexity index is 242. The fourth-order valence-electron chi connectivity index (χ4n) is 1.11. The van der Waals surface area contributed by atoms with Gasteiger partial charge in [-0.25, -0.2) is 0 Å². The predicted octanol–water partition coefficient (Wildman–Crippen LogP) is 1.71. The molecule has 0 heterocycles. The SMILES string of the molecule is C=C/C(OC)=C(\CC)C/C=C(\N)CO. The topological polar surface area (TPSA) is 55.5 Å². The molecule has 3 nitrogen and oxygen atoms in total. The van der Waals surface area contributed by atoms with E-state index in [1.54, 1.807) is 19.3 Å². The van der Waals surface area contributed by atoms with Crippen molar-refractivity contribution in [2.45, 2.75) is 19.8 Å². The number of hydrogen-bond donors (Lipinski definition) is 2. The Balaban J connectivity index is 4.57. The van der Waals surface area contributed by atoms with E-state index in [9.17, 15) is 0 Å². The third-order valence-electron chi connectivity index (χ3n) is 1.97. The van der Waals surface area contributed by atoms with Gasteiger partial charge in [-0.05, 0) is 24.5 Å². The van der Waals surface area contributed by atoms with E-state index >= 15 is 0 Å². The van der Waals surface area contributed by atoms with Gasteiger partial charge >= 0.3 is 0 Å². The maximum atomic E-state index is 8.71. The zero-order valence-corrected chi connectivity index (χ0v) is 8.92. The second-order valence-electron chi connectivity index (χ2n) is 2.87. The Kier molecular flexibility index (Phi) is 6.58. The number of allylic oxidation sites excluding steroid dienone is 3. The standard InChI is InChI=1S/C11H19NO2/c1-4-9(11(5-2)14-3)6-7-10(12)8-13/h5,7,13H,2,4,6,8,12H2,1,3H3/b10-7-,11-9-. The summed E-state index contributed by atoms with van der Waals surface area (Å²) in [5, 5.41) is 8.71. The molecule has 0 saturated heterocycles. The highest BCUT2D eigenvalue weighted by Crippen LogP contribution is 2.15. The molecule has 3 N–H and O–H groups in total. The number of nitrogens with two attached hydrogens (primary N) is 1. The van der Waals surface area contributed by atoms with Gasteiger partial charge < -0.3 is 15.6 Å². The first-order valence-electron chi connectivity index (χ1n) is 4.63. The van der Waals surface area contributed by atoms with E-state index in [-0.39, 0.29) is 6.61 Å². The molecule has 0 aromatic heterocycles. The third kappa shape index (κ3) is 4.14. The molecule has 3 heteroatoms. The first-order valence-corrected chi connectivity index (χ1v) is 4.63. The van der Waals surface area contributed by atoms with Crippen LogP contribution in [0.1, 0.15) is 19.8 Å². The second-order valence-corrected chi connectivity index (χ2v) is 2.87.